The van der Waals surface area contributed by atoms with E-state index in [-0.39, 0.29) is 30.6 Å². The third-order valence-electron chi connectivity index (χ3n) is 7.43. The van der Waals surface area contributed by atoms with Gasteiger partial charge in [-0.25, -0.2) is 4.39 Å². The van der Waals surface area contributed by atoms with Gasteiger partial charge in [-0.2, -0.15) is 0 Å². The lowest BCUT2D eigenvalue weighted by Crippen LogP contribution is -2.63. The van der Waals surface area contributed by atoms with E-state index in [0.717, 1.165) is 6.07 Å². The fourth-order valence-corrected chi connectivity index (χ4v) is 5.38. The number of aromatic hydroxyl groups is 1. The Morgan fingerprint density at radius 2 is 1.92 bits per heavy atom. The van der Waals surface area contributed by atoms with Crippen LogP contribution >= 0.6 is 0 Å². The fraction of sp³-hybridized carbons (Fsp3) is 0.417. The molecule has 4 atom stereocenters. The summed E-state index contributed by atoms with van der Waals surface area (Å²) >= 11 is 0. The molecule has 0 unspecified atom stereocenters. The number of hydrogen-bond acceptors (Lipinski definition) is 10. The van der Waals surface area contributed by atoms with Crippen LogP contribution in [0.5, 0.6) is 5.75 Å². The first-order valence-electron chi connectivity index (χ1n) is 11.5. The predicted octanol–water partition coefficient (Wildman–Crippen LogP) is -0.453. The van der Waals surface area contributed by atoms with Gasteiger partial charge >= 0.3 is 0 Å². The Balaban J connectivity index is 1.82. The Morgan fingerprint density at radius 3 is 2.51 bits per heavy atom. The number of hydrogen-bond donors (Lipinski definition) is 7. The van der Waals surface area contributed by atoms with E-state index in [1.807, 2.05) is 6.92 Å². The van der Waals surface area contributed by atoms with Crippen molar-refractivity contribution in [3.05, 3.63) is 45.7 Å². The monoisotopic (exact) mass is 518 g/mol. The fourth-order valence-electron chi connectivity index (χ4n) is 5.38. The van der Waals surface area contributed by atoms with Gasteiger partial charge in [0.2, 0.25) is 11.7 Å². The number of nitrogens with zero attached hydrogens (tertiary/aromatic N) is 1. The van der Waals surface area contributed by atoms with E-state index < -0.39 is 86.7 Å². The minimum absolute atomic E-state index is 0.0735. The van der Waals surface area contributed by atoms with Crippen LogP contribution in [0.1, 0.15) is 29.3 Å². The summed E-state index contributed by atoms with van der Waals surface area (Å²) in [5.41, 5.74) is 5.71. The molecule has 37 heavy (non-hydrogen) atoms. The first-order valence-corrected chi connectivity index (χ1v) is 11.5. The topological polar surface area (TPSA) is 217 Å². The van der Waals surface area contributed by atoms with E-state index in [2.05, 4.69) is 5.32 Å². The van der Waals surface area contributed by atoms with Gasteiger partial charge in [-0.05, 0) is 32.4 Å². The second-order valence-electron chi connectivity index (χ2n) is 9.57. The van der Waals surface area contributed by atoms with Gasteiger partial charge in [0, 0.05) is 23.1 Å². The zero-order chi connectivity index (χ0) is 27.6. The Labute approximate surface area is 210 Å². The number of likely N-dealkylation sites (N-methyl/N-ethyl adjacent to an activating group) is 1. The maximum atomic E-state index is 15.1. The van der Waals surface area contributed by atoms with Crippen LogP contribution in [0.4, 0.5) is 10.1 Å². The summed E-state index contributed by atoms with van der Waals surface area (Å²) in [4.78, 5) is 52.3. The molecule has 13 heteroatoms. The lowest BCUT2D eigenvalue weighted by atomic mass is 9.59. The molecule has 3 aliphatic rings. The molecule has 0 spiro atoms. The van der Waals surface area contributed by atoms with Crippen LogP contribution < -0.4 is 16.8 Å². The summed E-state index contributed by atoms with van der Waals surface area (Å²) in [6.45, 7) is 2.28. The molecule has 4 rings (SSSR count). The van der Waals surface area contributed by atoms with Gasteiger partial charge in [-0.1, -0.05) is 6.92 Å². The highest BCUT2D eigenvalue weighted by atomic mass is 19.1. The Bertz CT molecular complexity index is 1320. The minimum atomic E-state index is -2.86. The lowest BCUT2D eigenvalue weighted by molar-refractivity contribution is -0.145. The molecule has 1 aromatic rings. The summed E-state index contributed by atoms with van der Waals surface area (Å²) in [5.74, 6) is -10.4. The summed E-state index contributed by atoms with van der Waals surface area (Å²) in [7, 11) is 1.67. The number of benzene rings is 1. The zero-order valence-electron chi connectivity index (χ0n) is 20.0. The number of primary amides is 1. The van der Waals surface area contributed by atoms with Crippen LogP contribution in [0.3, 0.4) is 0 Å². The maximum Gasteiger partial charge on any atom is 0.255 e. The van der Waals surface area contributed by atoms with E-state index >= 15 is 4.39 Å². The molecular weight excluding hydrogens is 491 g/mol. The first-order chi connectivity index (χ1) is 17.2. The number of ketones is 2. The highest BCUT2D eigenvalue weighted by molar-refractivity contribution is 6.25. The number of carbonyl (C=O) groups is 4. The molecule has 0 aliphatic heterocycles. The predicted molar refractivity (Wildman–Crippen MR) is 126 cm³/mol. The molecular formula is C24H27FN4O8. The second kappa shape index (κ2) is 8.94. The van der Waals surface area contributed by atoms with Gasteiger partial charge in [-0.15, -0.1) is 0 Å². The number of aliphatic hydroxyl groups excluding tert-OH is 2. The summed E-state index contributed by atoms with van der Waals surface area (Å²) in [6, 6.07) is -0.620. The van der Waals surface area contributed by atoms with Crippen molar-refractivity contribution < 1.29 is 44.0 Å². The number of amides is 2. The summed E-state index contributed by atoms with van der Waals surface area (Å²) in [5, 5.41) is 45.8. The molecule has 1 aromatic carbocycles. The highest BCUT2D eigenvalue weighted by Crippen LogP contribution is 2.52. The van der Waals surface area contributed by atoms with Crippen molar-refractivity contribution in [2.75, 3.05) is 25.5 Å². The van der Waals surface area contributed by atoms with Crippen molar-refractivity contribution in [3.63, 3.8) is 0 Å². The molecule has 2 amide bonds. The van der Waals surface area contributed by atoms with E-state index in [4.69, 9.17) is 11.5 Å². The number of carbonyl (C=O) groups excluding carboxylic acids is 4. The number of Topliss-reactive ketones (excluding diaryl/α,β-unsaturated/α-hetero) is 2. The Morgan fingerprint density at radius 1 is 1.27 bits per heavy atom. The molecule has 0 heterocycles. The van der Waals surface area contributed by atoms with E-state index in [1.54, 1.807) is 11.9 Å². The number of halogens is 1. The van der Waals surface area contributed by atoms with Gasteiger partial charge in [0.05, 0.1) is 23.8 Å². The molecule has 0 aromatic heterocycles. The molecule has 0 saturated heterocycles. The number of nitrogens with two attached hydrogens (primary N) is 2. The van der Waals surface area contributed by atoms with Crippen molar-refractivity contribution in [1.82, 2.24) is 4.90 Å². The van der Waals surface area contributed by atoms with E-state index in [9.17, 15) is 39.6 Å². The zero-order valence-corrected chi connectivity index (χ0v) is 20.0. The summed E-state index contributed by atoms with van der Waals surface area (Å²) < 4.78 is 15.1. The van der Waals surface area contributed by atoms with Crippen LogP contribution in [0.25, 0.3) is 0 Å². The number of fused-ring (bicyclic) bond motifs is 3. The number of anilines is 1. The van der Waals surface area contributed by atoms with Crippen molar-refractivity contribution >= 4 is 29.1 Å². The molecule has 198 valence electrons. The maximum absolute atomic E-state index is 15.1. The average molecular weight is 518 g/mol. The average Bonchev–Trinajstić information content (AvgIpc) is 2.82. The Hall–Kier alpha value is -3.81. The molecule has 12 nitrogen and oxygen atoms in total. The minimum Gasteiger partial charge on any atom is -0.510 e. The van der Waals surface area contributed by atoms with Crippen LogP contribution in [0.15, 0.2) is 28.7 Å². The Kier molecular flexibility index (Phi) is 6.34. The molecule has 3 aliphatic carbocycles. The second-order valence-corrected chi connectivity index (χ2v) is 9.57. The normalized spacial score (nSPS) is 27.1. The first kappa shape index (κ1) is 26.3. The van der Waals surface area contributed by atoms with Crippen LogP contribution in [-0.4, -0.2) is 80.5 Å². The molecule has 0 fully saturated rings. The van der Waals surface area contributed by atoms with Gasteiger partial charge in [0.1, 0.15) is 22.9 Å². The van der Waals surface area contributed by atoms with Crippen LogP contribution in [-0.2, 0) is 20.8 Å². The number of rotatable bonds is 5. The molecule has 0 radical (unpaired) electrons. The van der Waals surface area contributed by atoms with Crippen molar-refractivity contribution in [2.24, 2.45) is 23.3 Å². The summed E-state index contributed by atoms with van der Waals surface area (Å²) in [6.07, 6.45) is -0.473. The number of phenols is 1. The molecule has 0 bridgehead atoms. The van der Waals surface area contributed by atoms with Gasteiger partial charge < -0.3 is 37.2 Å². The smallest absolute Gasteiger partial charge is 0.255 e. The largest absolute Gasteiger partial charge is 0.510 e. The standard InChI is InChI=1S/C24H27FN4O8/c1-3-29(2)7-13(30)28-12-6-11(25)9-4-8-5-10-17(26)20(33)16(23(27)36)22(35)24(10,37)21(34)14(8)19(32)15(9)18(12)31/h6,8,10,17,31,33-34,37H,3-5,7,26H2,1-2H3,(H2,27,36)(H,28,30)/t8-,10-,17-,24-/m0/s1. The number of aliphatic hydroxyl groups is 3. The lowest BCUT2D eigenvalue weighted by Gasteiger charge is -2.47. The van der Waals surface area contributed by atoms with Gasteiger partial charge in [0.15, 0.2) is 17.1 Å². The number of nitrogens with one attached hydrogen (secondary N) is 1. The van der Waals surface area contributed by atoms with Crippen LogP contribution in [0, 0.1) is 17.7 Å². The van der Waals surface area contributed by atoms with Crippen molar-refractivity contribution in [2.45, 2.75) is 31.4 Å². The van der Waals surface area contributed by atoms with E-state index in [0.29, 0.717) is 6.54 Å². The quantitative estimate of drug-likeness (QED) is 0.197. The SMILES string of the molecule is CCN(C)CC(=O)Nc1cc(F)c2c(c1O)C(=O)C1=C(O)[C@]3(O)C(=O)C(C(N)=O)=C(O)[C@@H](N)[C@@H]3C[C@@H]1C2. The third-order valence-corrected chi connectivity index (χ3v) is 7.43. The number of phenolic OH excluding ortho intramolecular Hbond substituents is 1. The van der Waals surface area contributed by atoms with Crippen molar-refractivity contribution in [3.8, 4) is 5.75 Å². The molecule has 9 N–H and O–H groups in total. The van der Waals surface area contributed by atoms with Crippen LogP contribution in [0.2, 0.25) is 0 Å². The van der Waals surface area contributed by atoms with Gasteiger partial charge in [-0.3, -0.25) is 24.1 Å². The number of allylic oxidation sites excluding steroid dienone is 1. The molecule has 0 saturated carbocycles. The highest BCUT2D eigenvalue weighted by Gasteiger charge is 2.62. The third kappa shape index (κ3) is 3.77. The van der Waals surface area contributed by atoms with Gasteiger partial charge in [0.25, 0.3) is 5.91 Å². The van der Waals surface area contributed by atoms with E-state index in [1.165, 1.54) is 0 Å². The van der Waals surface area contributed by atoms with Crippen molar-refractivity contribution in [1.29, 1.82) is 0 Å².